The van der Waals surface area contributed by atoms with E-state index in [1.165, 1.54) is 34.4 Å². The number of pyridine rings is 1. The first-order valence-corrected chi connectivity index (χ1v) is 10.5. The average molecular weight is 448 g/mol. The summed E-state index contributed by atoms with van der Waals surface area (Å²) in [4.78, 5) is 15.6. The molecular formula is C20H22ClN5O3S. The molecule has 0 fully saturated rings. The highest BCUT2D eigenvalue weighted by molar-refractivity contribution is 7.81. The maximum absolute atomic E-state index is 12.3. The number of carbonyl (C=O) groups excluding carboxylic acids is 1. The Bertz CT molecular complexity index is 1090. The van der Waals surface area contributed by atoms with E-state index >= 15 is 0 Å². The van der Waals surface area contributed by atoms with Crippen molar-refractivity contribution in [2.24, 2.45) is 0 Å². The fraction of sp³-hybridized carbons (Fsp3) is 0.250. The lowest BCUT2D eigenvalue weighted by Crippen LogP contribution is -2.22. The highest BCUT2D eigenvalue weighted by Crippen LogP contribution is 2.34. The van der Waals surface area contributed by atoms with Crippen LogP contribution >= 0.6 is 11.6 Å². The Balaban J connectivity index is 2.09. The van der Waals surface area contributed by atoms with Gasteiger partial charge in [0.1, 0.15) is 5.69 Å². The average Bonchev–Trinajstić information content (AvgIpc) is 3.09. The molecule has 10 heteroatoms. The number of rotatable bonds is 5. The minimum absolute atomic E-state index is 0.0559. The van der Waals surface area contributed by atoms with Crippen molar-refractivity contribution in [3.05, 3.63) is 59.5 Å². The number of hydrogen-bond acceptors (Lipinski definition) is 4. The predicted molar refractivity (Wildman–Crippen MR) is 119 cm³/mol. The van der Waals surface area contributed by atoms with Crippen molar-refractivity contribution in [2.75, 3.05) is 9.62 Å². The standard InChI is InChI=1S/C20H22ClN5O3S/c1-13(27)24-16-11-23-25(12-16)19-18(9-15(21)10-22-19)26(30(28)29)17-7-5-14(6-8-17)20(2,3)4/h5-12H,1-4H3,(H,24,27)(H,28,29). The van der Waals surface area contributed by atoms with Crippen LogP contribution in [0.5, 0.6) is 0 Å². The number of benzene rings is 1. The molecular weight excluding hydrogens is 426 g/mol. The molecule has 158 valence electrons. The Labute approximate surface area is 182 Å². The monoisotopic (exact) mass is 447 g/mol. The molecule has 1 amide bonds. The molecule has 2 aromatic heterocycles. The fourth-order valence-corrected chi connectivity index (χ4v) is 3.62. The molecule has 0 aliphatic carbocycles. The van der Waals surface area contributed by atoms with E-state index in [-0.39, 0.29) is 22.8 Å². The third kappa shape index (κ3) is 4.86. The molecule has 0 spiro atoms. The van der Waals surface area contributed by atoms with Crippen LogP contribution in [0.4, 0.5) is 17.1 Å². The van der Waals surface area contributed by atoms with Gasteiger partial charge >= 0.3 is 0 Å². The van der Waals surface area contributed by atoms with Gasteiger partial charge in [-0.25, -0.2) is 18.2 Å². The maximum atomic E-state index is 12.3. The van der Waals surface area contributed by atoms with Crippen LogP contribution in [0.25, 0.3) is 5.82 Å². The first-order valence-electron chi connectivity index (χ1n) is 9.06. The summed E-state index contributed by atoms with van der Waals surface area (Å²) in [5.74, 6) is 0.0363. The van der Waals surface area contributed by atoms with Crippen LogP contribution in [-0.2, 0) is 21.5 Å². The van der Waals surface area contributed by atoms with E-state index in [0.29, 0.717) is 16.4 Å². The summed E-state index contributed by atoms with van der Waals surface area (Å²) in [6, 6.07) is 8.90. The molecule has 0 saturated carbocycles. The lowest BCUT2D eigenvalue weighted by molar-refractivity contribution is -0.114. The second-order valence-corrected chi connectivity index (χ2v) is 8.94. The topological polar surface area (TPSA) is 100 Å². The van der Waals surface area contributed by atoms with Crippen molar-refractivity contribution >= 4 is 45.8 Å². The van der Waals surface area contributed by atoms with Gasteiger partial charge in [0.2, 0.25) is 5.91 Å². The zero-order valence-electron chi connectivity index (χ0n) is 17.0. The minimum atomic E-state index is -2.40. The highest BCUT2D eigenvalue weighted by atomic mass is 35.5. The van der Waals surface area contributed by atoms with Gasteiger partial charge in [-0.2, -0.15) is 5.10 Å². The molecule has 3 rings (SSSR count). The number of hydrogen-bond donors (Lipinski definition) is 2. The van der Waals surface area contributed by atoms with Gasteiger partial charge < -0.3 is 5.32 Å². The molecule has 2 N–H and O–H groups in total. The lowest BCUT2D eigenvalue weighted by atomic mass is 9.87. The van der Waals surface area contributed by atoms with E-state index in [2.05, 4.69) is 36.2 Å². The van der Waals surface area contributed by atoms with Crippen molar-refractivity contribution in [3.63, 3.8) is 0 Å². The van der Waals surface area contributed by atoms with Gasteiger partial charge in [-0.1, -0.05) is 44.5 Å². The van der Waals surface area contributed by atoms with Gasteiger partial charge in [-0.3, -0.25) is 9.35 Å². The van der Waals surface area contributed by atoms with E-state index in [9.17, 15) is 13.6 Å². The summed E-state index contributed by atoms with van der Waals surface area (Å²) < 4.78 is 25.0. The Hall–Kier alpha value is -2.75. The Morgan fingerprint density at radius 1 is 1.23 bits per heavy atom. The molecule has 30 heavy (non-hydrogen) atoms. The largest absolute Gasteiger partial charge is 0.324 e. The zero-order chi connectivity index (χ0) is 22.1. The molecule has 1 atom stereocenters. The van der Waals surface area contributed by atoms with Crippen molar-refractivity contribution in [1.82, 2.24) is 14.8 Å². The SMILES string of the molecule is CC(=O)Nc1cnn(-c2ncc(Cl)cc2N(c2ccc(C(C)(C)C)cc2)S(=O)O)c1. The maximum Gasteiger partial charge on any atom is 0.266 e. The number of aromatic nitrogens is 3. The third-order valence-corrected chi connectivity index (χ3v) is 5.20. The number of nitrogens with one attached hydrogen (secondary N) is 1. The zero-order valence-corrected chi connectivity index (χ0v) is 18.5. The molecule has 1 unspecified atom stereocenters. The number of nitrogens with zero attached hydrogens (tertiary/aromatic N) is 4. The Morgan fingerprint density at radius 3 is 2.47 bits per heavy atom. The lowest BCUT2D eigenvalue weighted by Gasteiger charge is -2.24. The molecule has 8 nitrogen and oxygen atoms in total. The highest BCUT2D eigenvalue weighted by Gasteiger charge is 2.23. The molecule has 0 saturated heterocycles. The van der Waals surface area contributed by atoms with E-state index in [4.69, 9.17) is 11.6 Å². The Morgan fingerprint density at radius 2 is 1.90 bits per heavy atom. The van der Waals surface area contributed by atoms with Crippen molar-refractivity contribution < 1.29 is 13.6 Å². The van der Waals surface area contributed by atoms with E-state index in [0.717, 1.165) is 5.56 Å². The second-order valence-electron chi connectivity index (χ2n) is 7.67. The molecule has 1 aromatic carbocycles. The summed E-state index contributed by atoms with van der Waals surface area (Å²) in [5.41, 5.74) is 2.27. The molecule has 0 aliphatic rings. The van der Waals surface area contributed by atoms with Crippen molar-refractivity contribution in [2.45, 2.75) is 33.1 Å². The quantitative estimate of drug-likeness (QED) is 0.562. The van der Waals surface area contributed by atoms with Crippen LogP contribution in [0, 0.1) is 0 Å². The molecule has 2 heterocycles. The van der Waals surface area contributed by atoms with Crippen LogP contribution in [-0.4, -0.2) is 29.4 Å². The summed E-state index contributed by atoms with van der Waals surface area (Å²) in [6.45, 7) is 7.66. The molecule has 3 aromatic rings. The number of amides is 1. The summed E-state index contributed by atoms with van der Waals surface area (Å²) in [6.07, 6.45) is 4.43. The van der Waals surface area contributed by atoms with Crippen LogP contribution < -0.4 is 9.62 Å². The van der Waals surface area contributed by atoms with E-state index < -0.39 is 11.3 Å². The van der Waals surface area contributed by atoms with Crippen molar-refractivity contribution in [1.29, 1.82) is 0 Å². The van der Waals surface area contributed by atoms with Gasteiger partial charge in [0, 0.05) is 13.1 Å². The van der Waals surface area contributed by atoms with Gasteiger partial charge in [0.15, 0.2) is 5.82 Å². The summed E-state index contributed by atoms with van der Waals surface area (Å²) in [7, 11) is 0. The normalized spacial score (nSPS) is 12.5. The minimum Gasteiger partial charge on any atom is -0.324 e. The van der Waals surface area contributed by atoms with Gasteiger partial charge in [-0.05, 0) is 29.2 Å². The van der Waals surface area contributed by atoms with Crippen LogP contribution in [0.2, 0.25) is 5.02 Å². The first kappa shape index (κ1) is 21.9. The van der Waals surface area contributed by atoms with Crippen LogP contribution in [0.1, 0.15) is 33.3 Å². The number of carbonyl (C=O) groups is 1. The van der Waals surface area contributed by atoms with Gasteiger partial charge in [0.05, 0.1) is 28.8 Å². The summed E-state index contributed by atoms with van der Waals surface area (Å²) >= 11 is 3.74. The molecule has 0 bridgehead atoms. The van der Waals surface area contributed by atoms with Gasteiger partial charge in [-0.15, -0.1) is 0 Å². The van der Waals surface area contributed by atoms with E-state index in [1.54, 1.807) is 18.3 Å². The molecule has 0 aliphatic heterocycles. The van der Waals surface area contributed by atoms with Crippen LogP contribution in [0.15, 0.2) is 48.9 Å². The summed E-state index contributed by atoms with van der Waals surface area (Å²) in [5, 5.41) is 7.13. The second kappa shape index (κ2) is 8.55. The smallest absolute Gasteiger partial charge is 0.266 e. The van der Waals surface area contributed by atoms with Gasteiger partial charge in [0.25, 0.3) is 11.3 Å². The van der Waals surface area contributed by atoms with E-state index in [1.807, 2.05) is 12.1 Å². The predicted octanol–water partition coefficient (Wildman–Crippen LogP) is 4.45. The first-order chi connectivity index (χ1) is 14.1. The number of anilines is 3. The van der Waals surface area contributed by atoms with Crippen molar-refractivity contribution in [3.8, 4) is 5.82 Å². The Kier molecular flexibility index (Phi) is 6.25. The number of halogens is 1. The third-order valence-electron chi connectivity index (χ3n) is 4.28. The fourth-order valence-electron chi connectivity index (χ4n) is 2.86. The molecule has 0 radical (unpaired) electrons. The van der Waals surface area contributed by atoms with Crippen LogP contribution in [0.3, 0.4) is 0 Å².